The van der Waals surface area contributed by atoms with Gasteiger partial charge in [-0.2, -0.15) is 0 Å². The Morgan fingerprint density at radius 2 is 1.85 bits per heavy atom. The number of hydrogen-bond donors (Lipinski definition) is 3. The van der Waals surface area contributed by atoms with Crippen LogP contribution in [0.2, 0.25) is 0 Å². The molecule has 0 bridgehead atoms. The number of ether oxygens (including phenoxy) is 1. The van der Waals surface area contributed by atoms with Crippen LogP contribution in [0.15, 0.2) is 48.5 Å². The second kappa shape index (κ2) is 11.4. The number of amides is 3. The van der Waals surface area contributed by atoms with E-state index in [-0.39, 0.29) is 11.8 Å². The Balaban J connectivity index is 1.68. The molecule has 8 nitrogen and oxygen atoms in total. The van der Waals surface area contributed by atoms with Gasteiger partial charge in [0.15, 0.2) is 0 Å². The van der Waals surface area contributed by atoms with Crippen LogP contribution in [-0.2, 0) is 11.2 Å². The van der Waals surface area contributed by atoms with Gasteiger partial charge < -0.3 is 15.4 Å². The Hall–Kier alpha value is -3.46. The minimum Gasteiger partial charge on any atom is -0.497 e. The fraction of sp³-hybridized carbons (Fsp3) is 0.333. The predicted molar refractivity (Wildman–Crippen MR) is 132 cm³/mol. The van der Waals surface area contributed by atoms with Gasteiger partial charge in [-0.05, 0) is 42.2 Å². The summed E-state index contributed by atoms with van der Waals surface area (Å²) < 4.78 is 5.25. The molecule has 0 aliphatic carbocycles. The molecule has 0 fully saturated rings. The van der Waals surface area contributed by atoms with Gasteiger partial charge in [0.05, 0.1) is 7.11 Å². The van der Waals surface area contributed by atoms with Crippen LogP contribution in [0.4, 0.5) is 15.6 Å². The van der Waals surface area contributed by atoms with Gasteiger partial charge in [0, 0.05) is 11.3 Å². The molecule has 1 heterocycles. The number of aryl methyl sites for hydroxylation is 1. The first-order valence-electron chi connectivity index (χ1n) is 10.9. The van der Waals surface area contributed by atoms with E-state index in [4.69, 9.17) is 4.74 Å². The molecule has 0 spiro atoms. The van der Waals surface area contributed by atoms with Gasteiger partial charge in [0.25, 0.3) is 0 Å². The zero-order valence-electron chi connectivity index (χ0n) is 19.2. The summed E-state index contributed by atoms with van der Waals surface area (Å²) in [6.07, 6.45) is 1.59. The molecule has 2 atom stereocenters. The molecule has 3 amide bonds. The summed E-state index contributed by atoms with van der Waals surface area (Å²) in [6, 6.07) is 13.9. The van der Waals surface area contributed by atoms with Crippen LogP contribution in [-0.4, -0.2) is 35.3 Å². The van der Waals surface area contributed by atoms with E-state index in [0.29, 0.717) is 21.6 Å². The molecule has 0 aliphatic rings. The highest BCUT2D eigenvalue weighted by molar-refractivity contribution is 7.18. The number of nitrogens with one attached hydrogen (secondary N) is 3. The van der Waals surface area contributed by atoms with Crippen LogP contribution in [0, 0.1) is 5.92 Å². The number of urea groups is 1. The molecule has 2 unspecified atom stereocenters. The van der Waals surface area contributed by atoms with Gasteiger partial charge in [0.1, 0.15) is 16.8 Å². The van der Waals surface area contributed by atoms with Crippen LogP contribution in [0.25, 0.3) is 10.6 Å². The third kappa shape index (κ3) is 6.52. The maximum atomic E-state index is 13.0. The standard InChI is InChI=1S/C24H29N5O3S/c1-5-15(3)20(26-23(31)25-18-11-7-9-16(6-2)13-18)21(30)27-24-29-28-22(33-24)17-10-8-12-19(14-17)32-4/h7-15,20H,5-6H2,1-4H3,(H2,25,26,31)(H,27,29,30). The molecule has 0 aliphatic heterocycles. The second-order valence-electron chi connectivity index (χ2n) is 7.65. The minimum absolute atomic E-state index is 0.0801. The summed E-state index contributed by atoms with van der Waals surface area (Å²) in [6.45, 7) is 5.95. The summed E-state index contributed by atoms with van der Waals surface area (Å²) >= 11 is 1.26. The van der Waals surface area contributed by atoms with Crippen molar-refractivity contribution in [1.29, 1.82) is 0 Å². The van der Waals surface area contributed by atoms with Gasteiger partial charge in [0.2, 0.25) is 11.0 Å². The molecular weight excluding hydrogens is 438 g/mol. The quantitative estimate of drug-likeness (QED) is 0.413. The molecule has 33 heavy (non-hydrogen) atoms. The van der Waals surface area contributed by atoms with E-state index in [0.717, 1.165) is 24.0 Å². The third-order valence-electron chi connectivity index (χ3n) is 5.35. The molecule has 0 saturated heterocycles. The number of carbonyl (C=O) groups is 2. The highest BCUT2D eigenvalue weighted by Gasteiger charge is 2.27. The molecule has 9 heteroatoms. The van der Waals surface area contributed by atoms with Crippen LogP contribution in [0.5, 0.6) is 5.75 Å². The highest BCUT2D eigenvalue weighted by Crippen LogP contribution is 2.29. The van der Waals surface area contributed by atoms with E-state index in [1.807, 2.05) is 62.4 Å². The van der Waals surface area contributed by atoms with Crippen LogP contribution < -0.4 is 20.7 Å². The molecule has 174 valence electrons. The number of benzene rings is 2. The van der Waals surface area contributed by atoms with Crippen molar-refractivity contribution >= 4 is 34.1 Å². The van der Waals surface area contributed by atoms with Crippen molar-refractivity contribution in [1.82, 2.24) is 15.5 Å². The lowest BCUT2D eigenvalue weighted by Crippen LogP contribution is -2.49. The van der Waals surface area contributed by atoms with Gasteiger partial charge in [-0.25, -0.2) is 4.79 Å². The first-order valence-corrected chi connectivity index (χ1v) is 11.7. The number of nitrogens with zero attached hydrogens (tertiary/aromatic N) is 2. The van der Waals surface area contributed by atoms with Crippen molar-refractivity contribution in [3.05, 3.63) is 54.1 Å². The van der Waals surface area contributed by atoms with Crippen molar-refractivity contribution in [2.24, 2.45) is 5.92 Å². The van der Waals surface area contributed by atoms with Crippen LogP contribution in [0.1, 0.15) is 32.8 Å². The van der Waals surface area contributed by atoms with Crippen molar-refractivity contribution < 1.29 is 14.3 Å². The zero-order valence-corrected chi connectivity index (χ0v) is 20.0. The normalized spacial score (nSPS) is 12.5. The Morgan fingerprint density at radius 1 is 1.06 bits per heavy atom. The lowest BCUT2D eigenvalue weighted by atomic mass is 9.98. The summed E-state index contributed by atoms with van der Waals surface area (Å²) in [7, 11) is 1.60. The Labute approximate surface area is 197 Å². The molecule has 3 rings (SSSR count). The van der Waals surface area contributed by atoms with Crippen LogP contribution >= 0.6 is 11.3 Å². The molecule has 3 N–H and O–H groups in total. The summed E-state index contributed by atoms with van der Waals surface area (Å²) in [5.74, 6) is 0.295. The summed E-state index contributed by atoms with van der Waals surface area (Å²) in [5.41, 5.74) is 2.65. The number of carbonyl (C=O) groups excluding carboxylic acids is 2. The second-order valence-corrected chi connectivity index (χ2v) is 8.63. The Kier molecular flexibility index (Phi) is 8.37. The van der Waals surface area contributed by atoms with Crippen molar-refractivity contribution in [3.8, 4) is 16.3 Å². The zero-order chi connectivity index (χ0) is 23.8. The van der Waals surface area contributed by atoms with Gasteiger partial charge in [-0.1, -0.05) is 62.8 Å². The van der Waals surface area contributed by atoms with Crippen molar-refractivity contribution in [2.45, 2.75) is 39.7 Å². The lowest BCUT2D eigenvalue weighted by Gasteiger charge is -2.23. The van der Waals surface area contributed by atoms with E-state index in [1.165, 1.54) is 11.3 Å². The van der Waals surface area contributed by atoms with Gasteiger partial charge >= 0.3 is 6.03 Å². The fourth-order valence-electron chi connectivity index (χ4n) is 3.21. The fourth-order valence-corrected chi connectivity index (χ4v) is 3.95. The molecule has 2 aromatic carbocycles. The SMILES string of the molecule is CCc1cccc(NC(=O)NC(C(=O)Nc2nnc(-c3cccc(OC)c3)s2)C(C)CC)c1. The molecule has 3 aromatic rings. The number of aromatic nitrogens is 2. The maximum absolute atomic E-state index is 13.0. The molecule has 0 radical (unpaired) electrons. The van der Waals surface area contributed by atoms with Crippen molar-refractivity contribution in [3.63, 3.8) is 0 Å². The molecular formula is C24H29N5O3S. The van der Waals surface area contributed by atoms with Gasteiger partial charge in [-0.3, -0.25) is 10.1 Å². The Bertz CT molecular complexity index is 1100. The molecule has 0 saturated carbocycles. The monoisotopic (exact) mass is 467 g/mol. The first kappa shape index (κ1) is 24.2. The number of hydrogen-bond acceptors (Lipinski definition) is 6. The average Bonchev–Trinajstić information content (AvgIpc) is 3.30. The van der Waals surface area contributed by atoms with E-state index < -0.39 is 12.1 Å². The average molecular weight is 468 g/mol. The number of methoxy groups -OCH3 is 1. The minimum atomic E-state index is -0.728. The summed E-state index contributed by atoms with van der Waals surface area (Å²) in [5, 5.41) is 17.7. The van der Waals surface area contributed by atoms with Gasteiger partial charge in [-0.15, -0.1) is 10.2 Å². The Morgan fingerprint density at radius 3 is 2.58 bits per heavy atom. The maximum Gasteiger partial charge on any atom is 0.319 e. The predicted octanol–water partition coefficient (Wildman–Crippen LogP) is 4.95. The van der Waals surface area contributed by atoms with E-state index in [9.17, 15) is 9.59 Å². The van der Waals surface area contributed by atoms with Crippen molar-refractivity contribution in [2.75, 3.05) is 17.7 Å². The molecule has 1 aromatic heterocycles. The third-order valence-corrected chi connectivity index (χ3v) is 6.23. The first-order chi connectivity index (χ1) is 15.9. The number of rotatable bonds is 9. The highest BCUT2D eigenvalue weighted by atomic mass is 32.1. The van der Waals surface area contributed by atoms with E-state index >= 15 is 0 Å². The van der Waals surface area contributed by atoms with E-state index in [1.54, 1.807) is 7.11 Å². The summed E-state index contributed by atoms with van der Waals surface area (Å²) in [4.78, 5) is 25.6. The van der Waals surface area contributed by atoms with E-state index in [2.05, 4.69) is 33.1 Å². The lowest BCUT2D eigenvalue weighted by molar-refractivity contribution is -0.119. The smallest absolute Gasteiger partial charge is 0.319 e. The largest absolute Gasteiger partial charge is 0.497 e. The number of anilines is 2. The topological polar surface area (TPSA) is 105 Å². The van der Waals surface area contributed by atoms with Crippen LogP contribution in [0.3, 0.4) is 0 Å².